The molecule has 1 N–H and O–H groups in total. The zero-order valence-electron chi connectivity index (χ0n) is 26.8. The fourth-order valence-corrected chi connectivity index (χ4v) is 4.12. The maximum atomic E-state index is 13.2. The van der Waals surface area contributed by atoms with Crippen LogP contribution in [0.25, 0.3) is 0 Å². The molecule has 0 saturated heterocycles. The molecule has 4 aromatic rings. The Bertz CT molecular complexity index is 1490. The summed E-state index contributed by atoms with van der Waals surface area (Å²) >= 11 is 0. The molecular weight excluding hydrogens is 602 g/mol. The van der Waals surface area contributed by atoms with Crippen LogP contribution < -0.4 is 18.9 Å². The molecule has 45 heavy (non-hydrogen) atoms. The summed E-state index contributed by atoms with van der Waals surface area (Å²) in [6, 6.07) is 12.4. The molecule has 240 valence electrons. The number of ether oxygens (including phenoxy) is 1. The number of esters is 1. The van der Waals surface area contributed by atoms with Crippen LogP contribution in [0.1, 0.15) is 83.9 Å². The molecule has 2 aromatic heterocycles. The quantitative estimate of drug-likeness (QED) is 0.152. The molecule has 2 heterocycles. The van der Waals surface area contributed by atoms with Crippen molar-refractivity contribution >= 4 is 23.3 Å². The van der Waals surface area contributed by atoms with Crippen molar-refractivity contribution in [3.63, 3.8) is 0 Å². The monoisotopic (exact) mass is 642 g/mol. The van der Waals surface area contributed by atoms with Crippen LogP contribution >= 0.6 is 0 Å². The van der Waals surface area contributed by atoms with Crippen molar-refractivity contribution in [2.75, 3.05) is 6.61 Å². The van der Waals surface area contributed by atoms with Crippen LogP contribution in [0.3, 0.4) is 0 Å². The van der Waals surface area contributed by atoms with E-state index in [1.54, 1.807) is 45.0 Å². The van der Waals surface area contributed by atoms with Gasteiger partial charge in [-0.3, -0.25) is 0 Å². The number of hydrogen-bond acceptors (Lipinski definition) is 7. The summed E-state index contributed by atoms with van der Waals surface area (Å²) in [4.78, 5) is 20.1. The second kappa shape index (κ2) is 17.7. The van der Waals surface area contributed by atoms with Crippen molar-refractivity contribution in [2.24, 2.45) is 0 Å². The first-order chi connectivity index (χ1) is 20.2. The summed E-state index contributed by atoms with van der Waals surface area (Å²) in [6.07, 6.45) is 2.28. The Morgan fingerprint density at radius 3 is 1.60 bits per heavy atom. The van der Waals surface area contributed by atoms with Gasteiger partial charge in [-0.05, 0) is 44.7 Å². The largest absolute Gasteiger partial charge is 1.00 e. The van der Waals surface area contributed by atoms with Crippen LogP contribution in [0.2, 0.25) is 0 Å². The van der Waals surface area contributed by atoms with Crippen LogP contribution in [0.5, 0.6) is 0 Å². The van der Waals surface area contributed by atoms with Gasteiger partial charge in [-0.2, -0.15) is 0 Å². The van der Waals surface area contributed by atoms with E-state index in [-0.39, 0.29) is 67.7 Å². The fraction of sp³-hybridized carbons (Fsp3) is 0.406. The Labute approximate surface area is 284 Å². The van der Waals surface area contributed by atoms with Crippen LogP contribution in [0.4, 0.5) is 17.6 Å². The van der Waals surface area contributed by atoms with Crippen LogP contribution in [0.15, 0.2) is 57.4 Å². The van der Waals surface area contributed by atoms with E-state index in [1.807, 2.05) is 0 Å². The third kappa shape index (κ3) is 12.1. The minimum atomic E-state index is -2.84. The fourth-order valence-electron chi connectivity index (χ4n) is 4.12. The minimum Gasteiger partial charge on any atom is -1.00 e. The molecule has 13 heteroatoms. The van der Waals surface area contributed by atoms with Crippen molar-refractivity contribution in [1.29, 1.82) is 0 Å². The second-order valence-corrected chi connectivity index (χ2v) is 10.2. The maximum absolute atomic E-state index is 13.2. The predicted molar refractivity (Wildman–Crippen MR) is 162 cm³/mol. The van der Waals surface area contributed by atoms with Gasteiger partial charge in [-0.1, -0.05) is 48.5 Å². The van der Waals surface area contributed by atoms with E-state index in [1.165, 1.54) is 24.3 Å². The number of oxazole rings is 2. The molecule has 0 unspecified atom stereocenters. The van der Waals surface area contributed by atoms with Crippen molar-refractivity contribution in [1.82, 2.24) is 9.97 Å². The van der Waals surface area contributed by atoms with Gasteiger partial charge in [0, 0.05) is 37.8 Å². The van der Waals surface area contributed by atoms with Gasteiger partial charge in [0.1, 0.15) is 6.61 Å². The van der Waals surface area contributed by atoms with Gasteiger partial charge in [0.2, 0.25) is 5.76 Å². The van der Waals surface area contributed by atoms with Crippen molar-refractivity contribution in [3.05, 3.63) is 105 Å². The van der Waals surface area contributed by atoms with E-state index in [0.717, 1.165) is 25.0 Å². The molecule has 0 bridgehead atoms. The summed E-state index contributed by atoms with van der Waals surface area (Å²) in [5.74, 6) is -4.62. The molecule has 0 aliphatic heterocycles. The number of aliphatic hydroxyl groups is 1. The molecular formula is C32H40AlF4LiN2O5. The van der Waals surface area contributed by atoms with E-state index in [0.29, 0.717) is 54.6 Å². The van der Waals surface area contributed by atoms with E-state index in [9.17, 15) is 22.4 Å². The molecule has 0 saturated carbocycles. The molecule has 0 aliphatic rings. The number of rotatable bonds is 11. The van der Waals surface area contributed by atoms with Gasteiger partial charge < -0.3 is 20.1 Å². The molecule has 0 radical (unpaired) electrons. The first-order valence-electron chi connectivity index (χ1n) is 13.8. The smallest absolute Gasteiger partial charge is 1.00 e. The molecule has 7 nitrogen and oxygen atoms in total. The Kier molecular flexibility index (Phi) is 15.8. The number of benzene rings is 2. The number of aryl methyl sites for hydroxylation is 6. The average molecular weight is 643 g/mol. The van der Waals surface area contributed by atoms with Crippen molar-refractivity contribution in [3.8, 4) is 0 Å². The molecule has 0 aliphatic carbocycles. The number of aromatic nitrogens is 2. The summed E-state index contributed by atoms with van der Waals surface area (Å²) in [7, 11) is 0. The first kappa shape index (κ1) is 40.2. The number of nitrogens with zero attached hydrogens (tertiary/aromatic N) is 2. The van der Waals surface area contributed by atoms with Gasteiger partial charge in [-0.25, -0.2) is 32.3 Å². The topological polar surface area (TPSA) is 98.6 Å². The van der Waals surface area contributed by atoms with Gasteiger partial charge in [0.15, 0.2) is 34.9 Å². The first-order valence-corrected chi connectivity index (χ1v) is 13.8. The standard InChI is InChI=1S/C17H19F2NO3.C15H17F2NO2.Al.Li.4H/c1-4-22-16(21)15-11(2)20-14(23-15)10-7-12-5-8-13(9-6-12)17(3,18)19;1-10-13(9-19)20-14(18-10)8-5-11-3-6-12(7-4-11)15(2,16)17;;;;;;/h5-6,8-9H,4,7,10H2,1-3H3;3-4,6-7,19H,5,8-9H2,1-2H3;;;;;;/q;;;+1;;;;-1. The van der Waals surface area contributed by atoms with Crippen LogP contribution in [-0.2, 0) is 48.9 Å². The van der Waals surface area contributed by atoms with Gasteiger partial charge >= 0.3 is 24.8 Å². The Balaban J connectivity index is 0.000000833. The number of halogens is 4. The normalized spacial score (nSPS) is 11.2. The summed E-state index contributed by atoms with van der Waals surface area (Å²) in [6.45, 7) is 7.02. The van der Waals surface area contributed by atoms with E-state index in [2.05, 4.69) is 9.97 Å². The zero-order valence-corrected chi connectivity index (χ0v) is 25.8. The number of hydrogen-bond donors (Lipinski definition) is 1. The van der Waals surface area contributed by atoms with Gasteiger partial charge in [-0.15, -0.1) is 0 Å². The zero-order chi connectivity index (χ0) is 31.8. The van der Waals surface area contributed by atoms with Gasteiger partial charge in [0.05, 0.1) is 18.0 Å². The van der Waals surface area contributed by atoms with Crippen molar-refractivity contribution in [2.45, 2.75) is 78.8 Å². The number of carbonyl (C=O) groups is 1. The summed E-state index contributed by atoms with van der Waals surface area (Å²) < 4.78 is 68.1. The third-order valence-corrected chi connectivity index (χ3v) is 6.56. The Morgan fingerprint density at radius 2 is 1.22 bits per heavy atom. The number of alkyl halides is 4. The second-order valence-electron chi connectivity index (χ2n) is 10.2. The molecule has 0 spiro atoms. The minimum absolute atomic E-state index is 0. The van der Waals surface area contributed by atoms with Crippen molar-refractivity contribution < 1.29 is 61.3 Å². The van der Waals surface area contributed by atoms with E-state index in [4.69, 9.17) is 18.7 Å². The average Bonchev–Trinajstić information content (AvgIpc) is 3.51. The predicted octanol–water partition coefficient (Wildman–Crippen LogP) is 3.36. The molecule has 4 rings (SSSR count). The van der Waals surface area contributed by atoms with E-state index >= 15 is 0 Å². The maximum Gasteiger partial charge on any atom is 1.00 e. The third-order valence-electron chi connectivity index (χ3n) is 6.56. The van der Waals surface area contributed by atoms with E-state index < -0.39 is 17.8 Å². The number of carbonyl (C=O) groups excluding carboxylic acids is 1. The Hall–Kier alpha value is -2.86. The molecule has 2 aromatic carbocycles. The Morgan fingerprint density at radius 1 is 0.800 bits per heavy atom. The summed E-state index contributed by atoms with van der Waals surface area (Å²) in [5, 5.41) is 9.02. The number of aliphatic hydroxyl groups excluding tert-OH is 1. The summed E-state index contributed by atoms with van der Waals surface area (Å²) in [5.41, 5.74) is 3.00. The van der Waals surface area contributed by atoms with Crippen LogP contribution in [0, 0.1) is 13.8 Å². The molecule has 0 amide bonds. The van der Waals surface area contributed by atoms with Crippen LogP contribution in [-0.4, -0.2) is 45.0 Å². The molecule has 0 atom stereocenters. The SMILES string of the molecule is CCOC(=O)c1oc(CCc2ccc(C(C)(F)F)cc2)nc1C.Cc1nc(CCc2ccc(C(C)(F)F)cc2)oc1CO.[AlH3].[H-].[Li+]. The molecule has 0 fully saturated rings. The van der Waals surface area contributed by atoms with Gasteiger partial charge in [0.25, 0.3) is 11.8 Å².